The van der Waals surface area contributed by atoms with Crippen LogP contribution in [0.5, 0.6) is 5.75 Å². The number of aliphatic imine (C=N–C) groups is 1. The van der Waals surface area contributed by atoms with Gasteiger partial charge in [0.2, 0.25) is 17.7 Å². The predicted octanol–water partition coefficient (Wildman–Crippen LogP) is -1.23. The molecule has 0 saturated heterocycles. The minimum absolute atomic E-state index is 0.0562. The summed E-state index contributed by atoms with van der Waals surface area (Å²) < 4.78 is 0. The van der Waals surface area contributed by atoms with E-state index in [-0.39, 0.29) is 37.5 Å². The van der Waals surface area contributed by atoms with Crippen molar-refractivity contribution in [3.8, 4) is 5.75 Å². The van der Waals surface area contributed by atoms with Crippen LogP contribution in [0.1, 0.15) is 51.5 Å². The Labute approximate surface area is 237 Å². The van der Waals surface area contributed by atoms with E-state index < -0.39 is 66.2 Å². The lowest BCUT2D eigenvalue weighted by Crippen LogP contribution is -2.58. The van der Waals surface area contributed by atoms with E-state index in [4.69, 9.17) is 22.3 Å². The fraction of sp³-hybridized carbons (Fsp3) is 0.538. The van der Waals surface area contributed by atoms with Crippen LogP contribution in [0.2, 0.25) is 0 Å². The number of nitrogens with one attached hydrogen (secondary N) is 3. The highest BCUT2D eigenvalue weighted by Gasteiger charge is 2.32. The molecule has 0 radical (unpaired) electrons. The number of aromatic hydroxyl groups is 1. The lowest BCUT2D eigenvalue weighted by molar-refractivity contribution is -0.143. The Morgan fingerprint density at radius 2 is 1.51 bits per heavy atom. The van der Waals surface area contributed by atoms with Crippen molar-refractivity contribution >= 4 is 35.6 Å². The zero-order chi connectivity index (χ0) is 31.1. The van der Waals surface area contributed by atoms with Gasteiger partial charge in [0.25, 0.3) is 0 Å². The van der Waals surface area contributed by atoms with Crippen LogP contribution < -0.4 is 33.2 Å². The first-order chi connectivity index (χ1) is 19.2. The molecule has 12 N–H and O–H groups in total. The number of guanidine groups is 1. The number of amides is 3. The van der Waals surface area contributed by atoms with Crippen LogP contribution in [0, 0.1) is 5.92 Å². The third kappa shape index (κ3) is 13.0. The van der Waals surface area contributed by atoms with E-state index in [0.717, 1.165) is 0 Å². The summed E-state index contributed by atoms with van der Waals surface area (Å²) in [5.41, 5.74) is 17.4. The van der Waals surface area contributed by atoms with Gasteiger partial charge in [0.05, 0.1) is 6.04 Å². The maximum Gasteiger partial charge on any atom is 0.326 e. The zero-order valence-corrected chi connectivity index (χ0v) is 23.2. The van der Waals surface area contributed by atoms with E-state index in [0.29, 0.717) is 18.4 Å². The summed E-state index contributed by atoms with van der Waals surface area (Å²) in [6.45, 7) is 3.62. The summed E-state index contributed by atoms with van der Waals surface area (Å²) >= 11 is 0. The molecular formula is C26H41N7O8. The maximum atomic E-state index is 13.3. The Morgan fingerprint density at radius 3 is 2.05 bits per heavy atom. The lowest BCUT2D eigenvalue weighted by atomic mass is 9.96. The average Bonchev–Trinajstić information content (AvgIpc) is 2.91. The minimum Gasteiger partial charge on any atom is -0.508 e. The number of nitrogens with two attached hydrogens (primary N) is 3. The van der Waals surface area contributed by atoms with E-state index in [9.17, 15) is 34.2 Å². The Hall–Kier alpha value is -4.40. The molecule has 15 nitrogen and oxygen atoms in total. The van der Waals surface area contributed by atoms with Crippen LogP contribution in [0.25, 0.3) is 0 Å². The molecule has 3 amide bonds. The fourth-order valence-electron chi connectivity index (χ4n) is 3.77. The van der Waals surface area contributed by atoms with Crippen molar-refractivity contribution in [3.05, 3.63) is 29.8 Å². The highest BCUT2D eigenvalue weighted by atomic mass is 16.4. The number of carbonyl (C=O) groups excluding carboxylic acids is 3. The molecule has 0 heterocycles. The number of phenols is 1. The van der Waals surface area contributed by atoms with E-state index in [2.05, 4.69) is 20.9 Å². The van der Waals surface area contributed by atoms with Gasteiger partial charge in [0, 0.05) is 13.0 Å². The van der Waals surface area contributed by atoms with E-state index in [1.54, 1.807) is 26.0 Å². The molecule has 0 aromatic heterocycles. The van der Waals surface area contributed by atoms with Gasteiger partial charge in [-0.05, 0) is 49.3 Å². The quantitative estimate of drug-likeness (QED) is 0.0564. The highest BCUT2D eigenvalue weighted by Crippen LogP contribution is 2.13. The van der Waals surface area contributed by atoms with E-state index in [1.807, 2.05) is 0 Å². The molecule has 0 aliphatic rings. The number of carboxylic acids is 2. The van der Waals surface area contributed by atoms with Gasteiger partial charge in [-0.2, -0.15) is 0 Å². The first kappa shape index (κ1) is 34.6. The molecule has 1 rings (SSSR count). The number of hydrogen-bond donors (Lipinski definition) is 9. The molecule has 15 heteroatoms. The summed E-state index contributed by atoms with van der Waals surface area (Å²) in [5.74, 6) is -5.32. The Kier molecular flexibility index (Phi) is 14.6. The van der Waals surface area contributed by atoms with Gasteiger partial charge < -0.3 is 48.5 Å². The Balaban J connectivity index is 3.06. The van der Waals surface area contributed by atoms with Crippen molar-refractivity contribution in [2.24, 2.45) is 28.1 Å². The minimum atomic E-state index is -1.48. The molecular weight excluding hydrogens is 538 g/mol. The monoisotopic (exact) mass is 579 g/mol. The number of carbonyl (C=O) groups is 5. The predicted molar refractivity (Wildman–Crippen MR) is 149 cm³/mol. The van der Waals surface area contributed by atoms with Gasteiger partial charge in [-0.3, -0.25) is 24.2 Å². The molecule has 0 aliphatic heterocycles. The van der Waals surface area contributed by atoms with Crippen molar-refractivity contribution in [2.75, 3.05) is 6.54 Å². The molecule has 0 fully saturated rings. The summed E-state index contributed by atoms with van der Waals surface area (Å²) in [4.78, 5) is 65.6. The number of carboxylic acid groups (broad SMARTS) is 2. The van der Waals surface area contributed by atoms with Gasteiger partial charge >= 0.3 is 11.9 Å². The topological polar surface area (TPSA) is 273 Å². The Morgan fingerprint density at radius 1 is 0.902 bits per heavy atom. The number of hydrogen-bond acceptors (Lipinski definition) is 8. The molecule has 0 saturated carbocycles. The van der Waals surface area contributed by atoms with Crippen molar-refractivity contribution in [2.45, 2.75) is 76.5 Å². The third-order valence-electron chi connectivity index (χ3n) is 6.36. The summed E-state index contributed by atoms with van der Waals surface area (Å²) in [6, 6.07) is 1.30. The summed E-state index contributed by atoms with van der Waals surface area (Å²) in [7, 11) is 0. The van der Waals surface area contributed by atoms with Crippen LogP contribution >= 0.6 is 0 Å². The van der Waals surface area contributed by atoms with Crippen molar-refractivity contribution in [1.82, 2.24) is 16.0 Å². The summed E-state index contributed by atoms with van der Waals surface area (Å²) in [5, 5.41) is 35.2. The normalized spacial score (nSPS) is 14.4. The van der Waals surface area contributed by atoms with Crippen LogP contribution in [-0.4, -0.2) is 81.7 Å². The molecule has 0 spiro atoms. The largest absolute Gasteiger partial charge is 0.508 e. The second kappa shape index (κ2) is 17.3. The first-order valence-corrected chi connectivity index (χ1v) is 13.2. The van der Waals surface area contributed by atoms with Gasteiger partial charge in [-0.25, -0.2) is 4.79 Å². The number of aliphatic carboxylic acids is 2. The highest BCUT2D eigenvalue weighted by molar-refractivity contribution is 5.94. The first-order valence-electron chi connectivity index (χ1n) is 13.2. The second-order valence-corrected chi connectivity index (χ2v) is 9.69. The standard InChI is InChI=1S/C26H41N7O8/c1-3-14(2)21(24(39)32-19(25(40)41)10-11-20(35)36)33-23(38)18(5-4-12-30-26(28)29)31-22(37)17(27)13-15-6-8-16(34)9-7-15/h6-9,14,17-19,21,34H,3-5,10-13,27H2,1-2H3,(H,31,37)(H,32,39)(H,33,38)(H,35,36)(H,40,41)(H4,28,29,30). The second-order valence-electron chi connectivity index (χ2n) is 9.69. The molecule has 0 bridgehead atoms. The van der Waals surface area contributed by atoms with Crippen molar-refractivity contribution in [3.63, 3.8) is 0 Å². The maximum absolute atomic E-state index is 13.3. The summed E-state index contributed by atoms with van der Waals surface area (Å²) in [6.07, 6.45) is 0.112. The lowest BCUT2D eigenvalue weighted by Gasteiger charge is -2.28. The number of rotatable bonds is 18. The fourth-order valence-corrected chi connectivity index (χ4v) is 3.77. The van der Waals surface area contributed by atoms with Crippen LogP contribution in [0.15, 0.2) is 29.3 Å². The number of nitrogens with zero attached hydrogens (tertiary/aromatic N) is 1. The number of benzene rings is 1. The molecule has 41 heavy (non-hydrogen) atoms. The van der Waals surface area contributed by atoms with Crippen molar-refractivity contribution in [1.29, 1.82) is 0 Å². The van der Waals surface area contributed by atoms with E-state index in [1.165, 1.54) is 12.1 Å². The zero-order valence-electron chi connectivity index (χ0n) is 23.2. The van der Waals surface area contributed by atoms with Crippen LogP contribution in [0.4, 0.5) is 0 Å². The van der Waals surface area contributed by atoms with Gasteiger partial charge in [0.15, 0.2) is 5.96 Å². The van der Waals surface area contributed by atoms with Gasteiger partial charge in [-0.1, -0.05) is 32.4 Å². The van der Waals surface area contributed by atoms with Crippen LogP contribution in [-0.2, 0) is 30.4 Å². The molecule has 1 aromatic rings. The molecule has 228 valence electrons. The van der Waals surface area contributed by atoms with Gasteiger partial charge in [-0.15, -0.1) is 0 Å². The van der Waals surface area contributed by atoms with Gasteiger partial charge in [0.1, 0.15) is 23.9 Å². The third-order valence-corrected chi connectivity index (χ3v) is 6.36. The SMILES string of the molecule is CCC(C)C(NC(=O)C(CCCN=C(N)N)NC(=O)C(N)Cc1ccc(O)cc1)C(=O)NC(CCC(=O)O)C(=O)O. The van der Waals surface area contributed by atoms with E-state index >= 15 is 0 Å². The smallest absolute Gasteiger partial charge is 0.326 e. The average molecular weight is 580 g/mol. The Bertz CT molecular complexity index is 1080. The van der Waals surface area contributed by atoms with Crippen LogP contribution in [0.3, 0.4) is 0 Å². The molecule has 0 aliphatic carbocycles. The number of phenolic OH excluding ortho intramolecular Hbond substituents is 1. The van der Waals surface area contributed by atoms with Crippen molar-refractivity contribution < 1.29 is 39.3 Å². The molecule has 5 unspecified atom stereocenters. The molecule has 5 atom stereocenters. The molecule has 1 aromatic carbocycles.